The van der Waals surface area contributed by atoms with Crippen molar-refractivity contribution >= 4 is 27.2 Å². The van der Waals surface area contributed by atoms with Crippen LogP contribution in [0.15, 0.2) is 60.7 Å². The van der Waals surface area contributed by atoms with Crippen LogP contribution in [-0.4, -0.2) is 24.8 Å². The minimum Gasteiger partial charge on any atom is -0.244 e. The van der Waals surface area contributed by atoms with E-state index in [2.05, 4.69) is 20.3 Å². The van der Waals surface area contributed by atoms with E-state index in [-0.39, 0.29) is 5.82 Å². The molecule has 0 aliphatic heterocycles. The molecule has 120 valence electrons. The molecule has 0 saturated heterocycles. The van der Waals surface area contributed by atoms with Gasteiger partial charge in [0.05, 0.1) is 5.52 Å². The molecule has 0 aliphatic carbocycles. The van der Waals surface area contributed by atoms with Crippen molar-refractivity contribution in [1.82, 2.24) is 24.8 Å². The highest BCUT2D eigenvalue weighted by Gasteiger charge is 2.16. The molecule has 0 fully saturated rings. The second kappa shape index (κ2) is 5.42. The number of para-hydroxylation sites is 1. The molecule has 5 aromatic rings. The maximum Gasteiger partial charge on any atom is 0.235 e. The van der Waals surface area contributed by atoms with Crippen LogP contribution in [-0.2, 0) is 0 Å². The Morgan fingerprint density at radius 2 is 1.84 bits per heavy atom. The molecule has 0 spiro atoms. The third-order valence-corrected chi connectivity index (χ3v) is 4.84. The van der Waals surface area contributed by atoms with E-state index in [9.17, 15) is 4.39 Å². The lowest BCUT2D eigenvalue weighted by atomic mass is 10.2. The standard InChI is InChI=1S/C18H10FN5S/c19-13-6-3-5-12(10-13)17-23-24-16(21-22-18(24)25-17)15-9-8-11-4-1-2-7-14(11)20-15/h1-10H. The minimum atomic E-state index is -0.292. The van der Waals surface area contributed by atoms with Crippen LogP contribution >= 0.6 is 11.3 Å². The third-order valence-electron chi connectivity index (χ3n) is 3.89. The molecule has 0 radical (unpaired) electrons. The fourth-order valence-electron chi connectivity index (χ4n) is 2.71. The van der Waals surface area contributed by atoms with Crippen molar-refractivity contribution in [3.05, 3.63) is 66.5 Å². The minimum absolute atomic E-state index is 0.292. The van der Waals surface area contributed by atoms with Crippen molar-refractivity contribution in [2.45, 2.75) is 0 Å². The molecule has 5 nitrogen and oxygen atoms in total. The van der Waals surface area contributed by atoms with Gasteiger partial charge in [0.25, 0.3) is 0 Å². The molecule has 0 unspecified atom stereocenters. The lowest BCUT2D eigenvalue weighted by Gasteiger charge is -2.00. The molecule has 5 rings (SSSR count). The summed E-state index contributed by atoms with van der Waals surface area (Å²) in [5, 5.41) is 14.7. The maximum absolute atomic E-state index is 13.5. The van der Waals surface area contributed by atoms with Gasteiger partial charge in [-0.15, -0.1) is 10.2 Å². The summed E-state index contributed by atoms with van der Waals surface area (Å²) in [6.07, 6.45) is 0. The molecule has 7 heteroatoms. The van der Waals surface area contributed by atoms with Gasteiger partial charge in [-0.05, 0) is 24.3 Å². The van der Waals surface area contributed by atoms with Crippen LogP contribution in [0, 0.1) is 5.82 Å². The van der Waals surface area contributed by atoms with E-state index in [0.29, 0.717) is 27.1 Å². The predicted molar refractivity (Wildman–Crippen MR) is 94.8 cm³/mol. The Morgan fingerprint density at radius 1 is 0.920 bits per heavy atom. The molecule has 25 heavy (non-hydrogen) atoms. The lowest BCUT2D eigenvalue weighted by Crippen LogP contribution is -1.94. The average Bonchev–Trinajstić information content (AvgIpc) is 3.22. The molecule has 3 aromatic heterocycles. The van der Waals surface area contributed by atoms with E-state index in [4.69, 9.17) is 0 Å². The van der Waals surface area contributed by atoms with Crippen molar-refractivity contribution in [1.29, 1.82) is 0 Å². The quantitative estimate of drug-likeness (QED) is 0.480. The zero-order valence-corrected chi connectivity index (χ0v) is 13.6. The van der Waals surface area contributed by atoms with Crippen LogP contribution in [0.4, 0.5) is 4.39 Å². The Bertz CT molecular complexity index is 1230. The zero-order chi connectivity index (χ0) is 16.8. The number of halogens is 1. The van der Waals surface area contributed by atoms with Gasteiger partial charge >= 0.3 is 0 Å². The van der Waals surface area contributed by atoms with Gasteiger partial charge in [0, 0.05) is 10.9 Å². The van der Waals surface area contributed by atoms with Crippen LogP contribution in [0.3, 0.4) is 0 Å². The largest absolute Gasteiger partial charge is 0.244 e. The van der Waals surface area contributed by atoms with Crippen LogP contribution < -0.4 is 0 Å². The normalized spacial score (nSPS) is 11.4. The van der Waals surface area contributed by atoms with Crippen molar-refractivity contribution in [3.8, 4) is 22.1 Å². The molecule has 0 saturated carbocycles. The summed E-state index contributed by atoms with van der Waals surface area (Å²) >= 11 is 1.36. The molecular weight excluding hydrogens is 337 g/mol. The summed E-state index contributed by atoms with van der Waals surface area (Å²) in [4.78, 5) is 5.29. The molecule has 0 atom stereocenters. The van der Waals surface area contributed by atoms with E-state index in [0.717, 1.165) is 10.9 Å². The van der Waals surface area contributed by atoms with Gasteiger partial charge in [0.2, 0.25) is 10.8 Å². The first-order chi connectivity index (χ1) is 12.3. The summed E-state index contributed by atoms with van der Waals surface area (Å²) in [5.74, 6) is 0.277. The van der Waals surface area contributed by atoms with Gasteiger partial charge in [-0.3, -0.25) is 0 Å². The van der Waals surface area contributed by atoms with Gasteiger partial charge in [0.15, 0.2) is 0 Å². The van der Waals surface area contributed by atoms with E-state index >= 15 is 0 Å². The van der Waals surface area contributed by atoms with Crippen LogP contribution in [0.1, 0.15) is 0 Å². The van der Waals surface area contributed by atoms with Gasteiger partial charge in [-0.2, -0.15) is 9.61 Å². The van der Waals surface area contributed by atoms with Crippen molar-refractivity contribution in [2.24, 2.45) is 0 Å². The zero-order valence-electron chi connectivity index (χ0n) is 12.8. The number of nitrogens with zero attached hydrogens (tertiary/aromatic N) is 5. The topological polar surface area (TPSA) is 56.0 Å². The van der Waals surface area contributed by atoms with Gasteiger partial charge in [-0.25, -0.2) is 9.37 Å². The number of hydrogen-bond donors (Lipinski definition) is 0. The van der Waals surface area contributed by atoms with E-state index in [1.807, 2.05) is 42.5 Å². The predicted octanol–water partition coefficient (Wildman–Crippen LogP) is 4.21. The van der Waals surface area contributed by atoms with E-state index in [1.54, 1.807) is 10.6 Å². The van der Waals surface area contributed by atoms with Crippen LogP contribution in [0.25, 0.3) is 38.0 Å². The van der Waals surface area contributed by atoms with Crippen molar-refractivity contribution in [3.63, 3.8) is 0 Å². The molecule has 2 aromatic carbocycles. The number of hydrogen-bond acceptors (Lipinski definition) is 5. The van der Waals surface area contributed by atoms with E-state index in [1.165, 1.54) is 23.5 Å². The number of rotatable bonds is 2. The third kappa shape index (κ3) is 2.36. The summed E-state index contributed by atoms with van der Waals surface area (Å²) in [6.45, 7) is 0. The Hall–Kier alpha value is -3.19. The number of fused-ring (bicyclic) bond motifs is 2. The molecule has 0 bridgehead atoms. The Balaban J connectivity index is 1.66. The molecular formula is C18H10FN5S. The van der Waals surface area contributed by atoms with Crippen molar-refractivity contribution < 1.29 is 4.39 Å². The SMILES string of the molecule is Fc1cccc(-c2nn3c(-c4ccc5ccccc5n4)nnc3s2)c1. The van der Waals surface area contributed by atoms with Crippen LogP contribution in [0.5, 0.6) is 0 Å². The number of pyridine rings is 1. The first-order valence-corrected chi connectivity index (χ1v) is 8.44. The molecule has 0 amide bonds. The lowest BCUT2D eigenvalue weighted by molar-refractivity contribution is 0.628. The summed E-state index contributed by atoms with van der Waals surface area (Å²) in [6, 6.07) is 18.1. The monoisotopic (exact) mass is 347 g/mol. The molecule has 3 heterocycles. The Morgan fingerprint density at radius 3 is 2.76 bits per heavy atom. The molecule has 0 N–H and O–H groups in total. The highest BCUT2D eigenvalue weighted by atomic mass is 32.1. The first kappa shape index (κ1) is 14.2. The smallest absolute Gasteiger partial charge is 0.235 e. The number of benzene rings is 2. The van der Waals surface area contributed by atoms with Gasteiger partial charge in [0.1, 0.15) is 16.5 Å². The van der Waals surface area contributed by atoms with Gasteiger partial charge in [-0.1, -0.05) is 47.7 Å². The second-order valence-corrected chi connectivity index (χ2v) is 6.48. The highest BCUT2D eigenvalue weighted by Crippen LogP contribution is 2.28. The first-order valence-electron chi connectivity index (χ1n) is 7.62. The summed E-state index contributed by atoms with van der Waals surface area (Å²) in [5.41, 5.74) is 2.30. The van der Waals surface area contributed by atoms with Gasteiger partial charge < -0.3 is 0 Å². The average molecular weight is 347 g/mol. The Kier molecular flexibility index (Phi) is 3.07. The highest BCUT2D eigenvalue weighted by molar-refractivity contribution is 7.19. The van der Waals surface area contributed by atoms with Crippen LogP contribution in [0.2, 0.25) is 0 Å². The maximum atomic E-state index is 13.5. The van der Waals surface area contributed by atoms with Crippen molar-refractivity contribution in [2.75, 3.05) is 0 Å². The Labute approximate surface area is 145 Å². The van der Waals surface area contributed by atoms with E-state index < -0.39 is 0 Å². The molecule has 0 aliphatic rings. The number of aromatic nitrogens is 5. The summed E-state index contributed by atoms with van der Waals surface area (Å²) in [7, 11) is 0. The summed E-state index contributed by atoms with van der Waals surface area (Å²) < 4.78 is 15.1. The fourth-order valence-corrected chi connectivity index (χ4v) is 3.54. The second-order valence-electron chi connectivity index (χ2n) is 5.52. The fraction of sp³-hybridized carbons (Fsp3) is 0.